The molecule has 0 bridgehead atoms. The Labute approximate surface area is 106 Å². The summed E-state index contributed by atoms with van der Waals surface area (Å²) in [6.45, 7) is 3.63. The standard InChI is InChI=1S/C13H16ClFO2/c1-13(2,17-3)8-9(16)7-10-11(14)5-4-6-12(10)15/h4-6H,7-8H2,1-3H3. The second-order valence-electron chi connectivity index (χ2n) is 4.56. The normalized spacial score (nSPS) is 11.6. The van der Waals surface area contributed by atoms with E-state index in [0.29, 0.717) is 0 Å². The number of ether oxygens (including phenoxy) is 1. The summed E-state index contributed by atoms with van der Waals surface area (Å²) >= 11 is 5.86. The van der Waals surface area contributed by atoms with Crippen molar-refractivity contribution < 1.29 is 13.9 Å². The van der Waals surface area contributed by atoms with Crippen LogP contribution in [-0.2, 0) is 16.0 Å². The van der Waals surface area contributed by atoms with Crippen LogP contribution >= 0.6 is 11.6 Å². The minimum absolute atomic E-state index is 0.00169. The average Bonchev–Trinajstić information content (AvgIpc) is 2.23. The number of rotatable bonds is 5. The minimum Gasteiger partial charge on any atom is -0.378 e. The summed E-state index contributed by atoms with van der Waals surface area (Å²) in [4.78, 5) is 11.8. The van der Waals surface area contributed by atoms with Crippen LogP contribution in [0.2, 0.25) is 5.02 Å². The van der Waals surface area contributed by atoms with Crippen LogP contribution in [0.5, 0.6) is 0 Å². The third kappa shape index (κ3) is 4.10. The van der Waals surface area contributed by atoms with Gasteiger partial charge < -0.3 is 4.74 Å². The molecular weight excluding hydrogens is 243 g/mol. The highest BCUT2D eigenvalue weighted by Crippen LogP contribution is 2.22. The van der Waals surface area contributed by atoms with E-state index in [1.54, 1.807) is 13.2 Å². The van der Waals surface area contributed by atoms with E-state index in [2.05, 4.69) is 0 Å². The molecule has 94 valence electrons. The van der Waals surface area contributed by atoms with Crippen LogP contribution in [0.3, 0.4) is 0 Å². The van der Waals surface area contributed by atoms with Crippen molar-refractivity contribution in [1.82, 2.24) is 0 Å². The van der Waals surface area contributed by atoms with E-state index in [1.165, 1.54) is 12.1 Å². The molecule has 0 spiro atoms. The first-order valence-corrected chi connectivity index (χ1v) is 5.73. The van der Waals surface area contributed by atoms with Crippen molar-refractivity contribution in [2.24, 2.45) is 0 Å². The molecule has 4 heteroatoms. The van der Waals surface area contributed by atoms with Crippen LogP contribution < -0.4 is 0 Å². The molecule has 0 atom stereocenters. The number of halogens is 2. The van der Waals surface area contributed by atoms with Gasteiger partial charge in [0.25, 0.3) is 0 Å². The van der Waals surface area contributed by atoms with Crippen molar-refractivity contribution in [3.05, 3.63) is 34.6 Å². The quantitative estimate of drug-likeness (QED) is 0.809. The second-order valence-corrected chi connectivity index (χ2v) is 4.96. The average molecular weight is 259 g/mol. The molecule has 0 aromatic heterocycles. The number of hydrogen-bond donors (Lipinski definition) is 0. The summed E-state index contributed by atoms with van der Waals surface area (Å²) in [7, 11) is 1.54. The van der Waals surface area contributed by atoms with Crippen LogP contribution in [0.4, 0.5) is 4.39 Å². The molecule has 17 heavy (non-hydrogen) atoms. The van der Waals surface area contributed by atoms with E-state index in [1.807, 2.05) is 13.8 Å². The zero-order valence-electron chi connectivity index (χ0n) is 10.2. The molecule has 1 aromatic carbocycles. The largest absolute Gasteiger partial charge is 0.378 e. The summed E-state index contributed by atoms with van der Waals surface area (Å²) in [6, 6.07) is 4.40. The maximum Gasteiger partial charge on any atom is 0.140 e. The number of Topliss-reactive ketones (excluding diaryl/α,β-unsaturated/α-hetero) is 1. The van der Waals surface area contributed by atoms with Gasteiger partial charge in [-0.25, -0.2) is 4.39 Å². The van der Waals surface area contributed by atoms with E-state index in [9.17, 15) is 9.18 Å². The lowest BCUT2D eigenvalue weighted by molar-refractivity contribution is -0.123. The minimum atomic E-state index is -0.533. The topological polar surface area (TPSA) is 26.3 Å². The van der Waals surface area contributed by atoms with E-state index in [0.717, 1.165) is 0 Å². The van der Waals surface area contributed by atoms with Gasteiger partial charge >= 0.3 is 0 Å². The molecular formula is C13H16ClFO2. The Morgan fingerprint density at radius 2 is 2.12 bits per heavy atom. The van der Waals surface area contributed by atoms with E-state index >= 15 is 0 Å². The Morgan fingerprint density at radius 3 is 2.65 bits per heavy atom. The second kappa shape index (κ2) is 5.61. The summed E-state index contributed by atoms with van der Waals surface area (Å²) in [5.74, 6) is -0.537. The Balaban J connectivity index is 2.75. The first-order valence-electron chi connectivity index (χ1n) is 5.35. The molecule has 0 saturated heterocycles. The number of ketones is 1. The Hall–Kier alpha value is -0.930. The molecule has 0 radical (unpaired) electrons. The zero-order valence-corrected chi connectivity index (χ0v) is 11.0. The summed E-state index contributed by atoms with van der Waals surface area (Å²) in [6.07, 6.45) is 0.229. The molecule has 0 N–H and O–H groups in total. The fraction of sp³-hybridized carbons (Fsp3) is 0.462. The zero-order chi connectivity index (χ0) is 13.1. The van der Waals surface area contributed by atoms with Gasteiger partial charge in [0.15, 0.2) is 0 Å². The highest BCUT2D eigenvalue weighted by molar-refractivity contribution is 6.31. The molecule has 0 amide bonds. The van der Waals surface area contributed by atoms with Gasteiger partial charge in [-0.1, -0.05) is 17.7 Å². The Bertz CT molecular complexity index is 396. The third-order valence-corrected chi connectivity index (χ3v) is 2.97. The fourth-order valence-electron chi connectivity index (χ4n) is 1.51. The van der Waals surface area contributed by atoms with Gasteiger partial charge in [0.1, 0.15) is 11.6 Å². The highest BCUT2D eigenvalue weighted by atomic mass is 35.5. The van der Waals surface area contributed by atoms with Gasteiger partial charge in [0.05, 0.1) is 5.60 Å². The van der Waals surface area contributed by atoms with Crippen molar-refractivity contribution in [2.75, 3.05) is 7.11 Å². The summed E-state index contributed by atoms with van der Waals surface area (Å²) in [5.41, 5.74) is -0.277. The summed E-state index contributed by atoms with van der Waals surface area (Å²) in [5, 5.41) is 0.286. The first-order chi connectivity index (χ1) is 7.85. The molecule has 0 aliphatic carbocycles. The number of methoxy groups -OCH3 is 1. The molecule has 0 aliphatic heterocycles. The number of benzene rings is 1. The first kappa shape index (κ1) is 14.1. The maximum atomic E-state index is 13.5. The van der Waals surface area contributed by atoms with E-state index < -0.39 is 11.4 Å². The van der Waals surface area contributed by atoms with Gasteiger partial charge in [-0.05, 0) is 26.0 Å². The van der Waals surface area contributed by atoms with Crippen LogP contribution in [0.15, 0.2) is 18.2 Å². The molecule has 1 rings (SSSR count). The van der Waals surface area contributed by atoms with Gasteiger partial charge in [0, 0.05) is 30.5 Å². The van der Waals surface area contributed by atoms with Crippen LogP contribution in [-0.4, -0.2) is 18.5 Å². The maximum absolute atomic E-state index is 13.5. The van der Waals surface area contributed by atoms with Crippen LogP contribution in [0.1, 0.15) is 25.8 Å². The predicted molar refractivity (Wildman–Crippen MR) is 65.8 cm³/mol. The Kier molecular flexibility index (Phi) is 4.66. The highest BCUT2D eigenvalue weighted by Gasteiger charge is 2.22. The number of carbonyl (C=O) groups excluding carboxylic acids is 1. The van der Waals surface area contributed by atoms with Gasteiger partial charge in [-0.3, -0.25) is 4.79 Å². The molecule has 1 aromatic rings. The monoisotopic (exact) mass is 258 g/mol. The van der Waals surface area contributed by atoms with Crippen molar-refractivity contribution >= 4 is 17.4 Å². The van der Waals surface area contributed by atoms with Crippen molar-refractivity contribution in [1.29, 1.82) is 0 Å². The fourth-order valence-corrected chi connectivity index (χ4v) is 1.74. The van der Waals surface area contributed by atoms with Crippen molar-refractivity contribution in [2.45, 2.75) is 32.3 Å². The molecule has 0 fully saturated rings. The van der Waals surface area contributed by atoms with E-state index in [-0.39, 0.29) is 29.2 Å². The Morgan fingerprint density at radius 1 is 1.47 bits per heavy atom. The molecule has 2 nitrogen and oxygen atoms in total. The van der Waals surface area contributed by atoms with E-state index in [4.69, 9.17) is 16.3 Å². The number of carbonyl (C=O) groups is 1. The SMILES string of the molecule is COC(C)(C)CC(=O)Cc1c(F)cccc1Cl. The van der Waals surface area contributed by atoms with Gasteiger partial charge in [-0.15, -0.1) is 0 Å². The molecule has 0 saturated carbocycles. The predicted octanol–water partition coefficient (Wildman–Crippen LogP) is 3.41. The van der Waals surface area contributed by atoms with Crippen LogP contribution in [0, 0.1) is 5.82 Å². The van der Waals surface area contributed by atoms with Crippen molar-refractivity contribution in [3.63, 3.8) is 0 Å². The van der Waals surface area contributed by atoms with Gasteiger partial charge in [-0.2, -0.15) is 0 Å². The smallest absolute Gasteiger partial charge is 0.140 e. The lowest BCUT2D eigenvalue weighted by Gasteiger charge is -2.21. The number of hydrogen-bond acceptors (Lipinski definition) is 2. The lowest BCUT2D eigenvalue weighted by Crippen LogP contribution is -2.27. The summed E-state index contributed by atoms with van der Waals surface area (Å²) < 4.78 is 18.6. The lowest BCUT2D eigenvalue weighted by atomic mass is 9.97. The van der Waals surface area contributed by atoms with Gasteiger partial charge in [0.2, 0.25) is 0 Å². The van der Waals surface area contributed by atoms with Crippen molar-refractivity contribution in [3.8, 4) is 0 Å². The third-order valence-electron chi connectivity index (χ3n) is 2.61. The molecule has 0 heterocycles. The molecule has 0 aliphatic rings. The molecule has 0 unspecified atom stereocenters. The van der Waals surface area contributed by atoms with Crippen LogP contribution in [0.25, 0.3) is 0 Å².